The molecule has 0 spiro atoms. The molecule has 0 heterocycles. The second-order valence-corrected chi connectivity index (χ2v) is 9.30. The van der Waals surface area contributed by atoms with E-state index in [1.165, 1.54) is 0 Å². The van der Waals surface area contributed by atoms with Gasteiger partial charge in [-0.25, -0.2) is 0 Å². The van der Waals surface area contributed by atoms with Gasteiger partial charge in [0.05, 0.1) is 8.07 Å². The molecule has 0 bridgehead atoms. The van der Waals surface area contributed by atoms with E-state index in [4.69, 9.17) is 10.1 Å². The van der Waals surface area contributed by atoms with Crippen LogP contribution in [0.2, 0.25) is 25.7 Å². The minimum atomic E-state index is -1.35. The van der Waals surface area contributed by atoms with Gasteiger partial charge in [0.2, 0.25) is 5.39 Å². The molecular formula is C7H15N2O2Si+. The normalized spacial score (nSPS) is 10.5. The summed E-state index contributed by atoms with van der Waals surface area (Å²) >= 11 is 0. The van der Waals surface area contributed by atoms with E-state index in [9.17, 15) is 4.79 Å². The Kier molecular flexibility index (Phi) is 4.52. The van der Waals surface area contributed by atoms with E-state index < -0.39 is 8.07 Å². The highest BCUT2D eigenvalue weighted by Gasteiger charge is 2.19. The summed E-state index contributed by atoms with van der Waals surface area (Å²) in [5, 5.41) is 8.05. The van der Waals surface area contributed by atoms with Crippen LogP contribution < -0.4 is 0 Å². The molecule has 0 aliphatic heterocycles. The Morgan fingerprint density at radius 1 is 1.50 bits per heavy atom. The summed E-state index contributed by atoms with van der Waals surface area (Å²) in [4.78, 5) is 13.9. The van der Waals surface area contributed by atoms with Gasteiger partial charge in [-0.1, -0.05) is 19.6 Å². The summed E-state index contributed by atoms with van der Waals surface area (Å²) in [6.45, 7) is 6.65. The van der Waals surface area contributed by atoms with Crippen molar-refractivity contribution in [3.8, 4) is 0 Å². The Hall–Kier alpha value is -0.893. The fraction of sp³-hybridized carbons (Fsp3) is 0.857. The maximum Gasteiger partial charge on any atom is 0.338 e. The zero-order chi connectivity index (χ0) is 9.61. The highest BCUT2D eigenvalue weighted by Crippen LogP contribution is 2.08. The molecule has 0 aromatic carbocycles. The highest BCUT2D eigenvalue weighted by molar-refractivity contribution is 6.78. The number of hydrogen-bond acceptors (Lipinski definition) is 3. The summed E-state index contributed by atoms with van der Waals surface area (Å²) in [5.74, 6) is -0.183. The van der Waals surface area contributed by atoms with Gasteiger partial charge in [-0.2, -0.15) is 0 Å². The summed E-state index contributed by atoms with van der Waals surface area (Å²) in [5.41, 5.74) is 0. The van der Waals surface area contributed by atoms with Crippen molar-refractivity contribution in [3.05, 3.63) is 4.98 Å². The number of carbonyl (C=O) groups is 1. The third kappa shape index (κ3) is 7.22. The van der Waals surface area contributed by atoms with Crippen LogP contribution in [0, 0.1) is 5.39 Å². The summed E-state index contributed by atoms with van der Waals surface area (Å²) in [6.07, 6.45) is 0. The SMILES string of the molecule is C[Si](C)(C)CC(=O)OCC[N+]#N. The quantitative estimate of drug-likeness (QED) is 0.291. The van der Waals surface area contributed by atoms with E-state index in [1.807, 2.05) is 0 Å². The lowest BCUT2D eigenvalue weighted by atomic mass is 10.7. The van der Waals surface area contributed by atoms with E-state index in [0.29, 0.717) is 6.04 Å². The summed E-state index contributed by atoms with van der Waals surface area (Å²) < 4.78 is 4.80. The molecule has 0 N–H and O–H groups in total. The van der Waals surface area contributed by atoms with Crippen LogP contribution in [0.4, 0.5) is 0 Å². The Morgan fingerprint density at radius 3 is 2.50 bits per heavy atom. The second-order valence-electron chi connectivity index (χ2n) is 3.82. The lowest BCUT2D eigenvalue weighted by Crippen LogP contribution is -2.25. The molecule has 4 nitrogen and oxygen atoms in total. The number of nitrogens with zero attached hydrogens (tertiary/aromatic N) is 2. The number of hydrogen-bond donors (Lipinski definition) is 0. The third-order valence-electron chi connectivity index (χ3n) is 1.13. The average molecular weight is 187 g/mol. The van der Waals surface area contributed by atoms with Crippen molar-refractivity contribution in [3.63, 3.8) is 0 Å². The Labute approximate surface area is 73.5 Å². The van der Waals surface area contributed by atoms with Gasteiger partial charge in [0.1, 0.15) is 4.98 Å². The molecule has 5 heteroatoms. The molecule has 0 radical (unpaired) electrons. The fourth-order valence-electron chi connectivity index (χ4n) is 0.684. The first-order valence-corrected chi connectivity index (χ1v) is 7.63. The smallest absolute Gasteiger partial charge is 0.338 e. The number of esters is 1. The second kappa shape index (κ2) is 4.88. The first-order chi connectivity index (χ1) is 5.45. The zero-order valence-corrected chi connectivity index (χ0v) is 8.83. The summed E-state index contributed by atoms with van der Waals surface area (Å²) in [6, 6.07) is 0.526. The standard InChI is InChI=1S/C7H15N2O2Si/c1-12(2,3)6-7(10)11-5-4-9-8/h4-6H2,1-3H3/q+1. The van der Waals surface area contributed by atoms with Crippen LogP contribution >= 0.6 is 0 Å². The molecule has 0 fully saturated rings. The molecule has 0 aromatic rings. The predicted octanol–water partition coefficient (Wildman–Crippen LogP) is 1.72. The first-order valence-electron chi connectivity index (χ1n) is 3.92. The number of rotatable bonds is 4. The molecule has 0 amide bonds. The molecule has 0 aromatic heterocycles. The van der Waals surface area contributed by atoms with E-state index in [-0.39, 0.29) is 19.1 Å². The first kappa shape index (κ1) is 11.1. The highest BCUT2D eigenvalue weighted by atomic mass is 28.3. The van der Waals surface area contributed by atoms with Gasteiger partial charge < -0.3 is 4.74 Å². The number of diazo groups is 1. The van der Waals surface area contributed by atoms with Gasteiger partial charge in [0, 0.05) is 6.04 Å². The molecule has 0 rings (SSSR count). The van der Waals surface area contributed by atoms with Crippen LogP contribution in [0.15, 0.2) is 0 Å². The maximum atomic E-state index is 11.0. The number of carbonyl (C=O) groups excluding carboxylic acids is 1. The molecule has 0 saturated heterocycles. The van der Waals surface area contributed by atoms with Crippen LogP contribution in [0.3, 0.4) is 0 Å². The van der Waals surface area contributed by atoms with Crippen molar-refractivity contribution in [2.75, 3.05) is 13.2 Å². The predicted molar refractivity (Wildman–Crippen MR) is 49.1 cm³/mol. The molecule has 12 heavy (non-hydrogen) atoms. The van der Waals surface area contributed by atoms with E-state index in [2.05, 4.69) is 24.6 Å². The van der Waals surface area contributed by atoms with Crippen molar-refractivity contribution < 1.29 is 9.53 Å². The molecule has 0 unspecified atom stereocenters. The zero-order valence-electron chi connectivity index (χ0n) is 7.83. The monoisotopic (exact) mass is 187 g/mol. The van der Waals surface area contributed by atoms with Crippen molar-refractivity contribution in [2.24, 2.45) is 0 Å². The van der Waals surface area contributed by atoms with Gasteiger partial charge in [0.15, 0.2) is 6.61 Å². The van der Waals surface area contributed by atoms with Crippen molar-refractivity contribution in [2.45, 2.75) is 25.7 Å². The van der Waals surface area contributed by atoms with E-state index in [0.717, 1.165) is 0 Å². The van der Waals surface area contributed by atoms with Gasteiger partial charge >= 0.3 is 12.5 Å². The van der Waals surface area contributed by atoms with E-state index >= 15 is 0 Å². The minimum Gasteiger partial charge on any atom is -0.458 e. The van der Waals surface area contributed by atoms with E-state index in [1.54, 1.807) is 0 Å². The van der Waals surface area contributed by atoms with Gasteiger partial charge in [-0.05, 0) is 0 Å². The van der Waals surface area contributed by atoms with Gasteiger partial charge in [-0.15, -0.1) is 0 Å². The molecule has 0 saturated carbocycles. The van der Waals surface area contributed by atoms with Crippen molar-refractivity contribution in [1.29, 1.82) is 5.39 Å². The van der Waals surface area contributed by atoms with Crippen LogP contribution in [-0.2, 0) is 9.53 Å². The van der Waals surface area contributed by atoms with Crippen LogP contribution in [-0.4, -0.2) is 27.2 Å². The summed E-state index contributed by atoms with van der Waals surface area (Å²) in [7, 11) is -1.35. The number of ether oxygens (including phenoxy) is 1. The largest absolute Gasteiger partial charge is 0.458 e. The van der Waals surface area contributed by atoms with Crippen LogP contribution in [0.25, 0.3) is 4.98 Å². The Balaban J connectivity index is 3.56. The molecule has 68 valence electrons. The Morgan fingerprint density at radius 2 is 2.08 bits per heavy atom. The molecule has 0 aliphatic carbocycles. The van der Waals surface area contributed by atoms with Crippen LogP contribution in [0.1, 0.15) is 0 Å². The lowest BCUT2D eigenvalue weighted by Gasteiger charge is -2.13. The van der Waals surface area contributed by atoms with Crippen molar-refractivity contribution in [1.82, 2.24) is 0 Å². The maximum absolute atomic E-state index is 11.0. The Bertz CT molecular complexity index is 193. The van der Waals surface area contributed by atoms with Gasteiger partial charge in [0.25, 0.3) is 0 Å². The van der Waals surface area contributed by atoms with Crippen LogP contribution in [0.5, 0.6) is 0 Å². The topological polar surface area (TPSA) is 54.5 Å². The molecular weight excluding hydrogens is 172 g/mol. The molecule has 0 atom stereocenters. The minimum absolute atomic E-state index is 0.164. The lowest BCUT2D eigenvalue weighted by molar-refractivity contribution is -0.140. The average Bonchev–Trinajstić information content (AvgIpc) is 1.84. The fourth-order valence-corrected chi connectivity index (χ4v) is 1.65. The third-order valence-corrected chi connectivity index (χ3v) is 2.48. The van der Waals surface area contributed by atoms with Crippen molar-refractivity contribution >= 4 is 14.0 Å². The molecule has 0 aliphatic rings. The van der Waals surface area contributed by atoms with Gasteiger partial charge in [-0.3, -0.25) is 4.79 Å².